The number of benzene rings is 2. The number of carbonyl (C=O) groups is 2. The van der Waals surface area contributed by atoms with Crippen LogP contribution in [0.15, 0.2) is 65.4 Å². The molecule has 0 bridgehead atoms. The third-order valence-corrected chi connectivity index (χ3v) is 5.54. The lowest BCUT2D eigenvalue weighted by atomic mass is 10.0. The standard InChI is InChI=1S/C24H26N2O2S/c25-21-7-5-6-8-22(21)26-24(28)10-4-2-1-3-9-23(27)19-13-11-18(12-14-19)20-15-16-29-17-20/h5-8,11-17H,1-4,9-10,25H2,(H,26,28). The Kier molecular flexibility index (Phi) is 7.59. The zero-order valence-corrected chi connectivity index (χ0v) is 17.2. The van der Waals surface area contributed by atoms with Crippen LogP contribution in [-0.4, -0.2) is 11.7 Å². The third kappa shape index (κ3) is 6.29. The molecule has 0 radical (unpaired) electrons. The van der Waals surface area contributed by atoms with E-state index in [-0.39, 0.29) is 11.7 Å². The summed E-state index contributed by atoms with van der Waals surface area (Å²) < 4.78 is 0. The van der Waals surface area contributed by atoms with Gasteiger partial charge in [-0.3, -0.25) is 9.59 Å². The van der Waals surface area contributed by atoms with Gasteiger partial charge in [0.25, 0.3) is 0 Å². The third-order valence-electron chi connectivity index (χ3n) is 4.85. The fraction of sp³-hybridized carbons (Fsp3) is 0.250. The number of amides is 1. The largest absolute Gasteiger partial charge is 0.397 e. The van der Waals surface area contributed by atoms with E-state index in [0.717, 1.165) is 36.8 Å². The fourth-order valence-corrected chi connectivity index (χ4v) is 3.83. The first kappa shape index (κ1) is 20.8. The van der Waals surface area contributed by atoms with Crippen LogP contribution in [0.1, 0.15) is 48.9 Å². The monoisotopic (exact) mass is 406 g/mol. The van der Waals surface area contributed by atoms with Crippen molar-refractivity contribution in [2.45, 2.75) is 38.5 Å². The van der Waals surface area contributed by atoms with Gasteiger partial charge in [0.05, 0.1) is 11.4 Å². The molecule has 2 aromatic carbocycles. The molecule has 0 spiro atoms. The highest BCUT2D eigenvalue weighted by molar-refractivity contribution is 7.08. The number of anilines is 2. The average Bonchev–Trinajstić information content (AvgIpc) is 3.27. The molecule has 0 fully saturated rings. The second kappa shape index (κ2) is 10.6. The van der Waals surface area contributed by atoms with E-state index in [4.69, 9.17) is 5.73 Å². The number of nitrogens with two attached hydrogens (primary N) is 1. The Morgan fingerprint density at radius 2 is 1.55 bits per heavy atom. The lowest BCUT2D eigenvalue weighted by molar-refractivity contribution is -0.116. The van der Waals surface area contributed by atoms with E-state index in [2.05, 4.69) is 22.1 Å². The Hall–Kier alpha value is -2.92. The Morgan fingerprint density at radius 1 is 0.828 bits per heavy atom. The molecule has 150 valence electrons. The maximum atomic E-state index is 12.3. The minimum atomic E-state index is -0.0234. The van der Waals surface area contributed by atoms with E-state index in [1.807, 2.05) is 36.4 Å². The number of nitrogens with one attached hydrogen (secondary N) is 1. The van der Waals surface area contributed by atoms with Gasteiger partial charge in [0, 0.05) is 18.4 Å². The smallest absolute Gasteiger partial charge is 0.224 e. The number of nitrogen functional groups attached to an aromatic ring is 1. The van der Waals surface area contributed by atoms with Crippen molar-refractivity contribution in [3.05, 3.63) is 70.9 Å². The molecule has 0 atom stereocenters. The quantitative estimate of drug-likeness (QED) is 0.241. The number of unbranched alkanes of at least 4 members (excludes halogenated alkanes) is 3. The molecular formula is C24H26N2O2S. The van der Waals surface area contributed by atoms with Crippen LogP contribution in [0.2, 0.25) is 0 Å². The highest BCUT2D eigenvalue weighted by Gasteiger charge is 2.07. The van der Waals surface area contributed by atoms with Crippen molar-refractivity contribution in [2.75, 3.05) is 11.1 Å². The summed E-state index contributed by atoms with van der Waals surface area (Å²) in [4.78, 5) is 24.3. The minimum absolute atomic E-state index is 0.0234. The van der Waals surface area contributed by atoms with Gasteiger partial charge in [0.1, 0.15) is 0 Å². The molecule has 0 saturated carbocycles. The van der Waals surface area contributed by atoms with Crippen LogP contribution in [0.25, 0.3) is 11.1 Å². The van der Waals surface area contributed by atoms with Crippen LogP contribution in [0, 0.1) is 0 Å². The summed E-state index contributed by atoms with van der Waals surface area (Å²) >= 11 is 1.67. The number of hydrogen-bond donors (Lipinski definition) is 2. The zero-order chi connectivity index (χ0) is 20.5. The zero-order valence-electron chi connectivity index (χ0n) is 16.4. The van der Waals surface area contributed by atoms with E-state index >= 15 is 0 Å². The predicted octanol–water partition coefficient (Wildman–Crippen LogP) is 6.16. The Bertz CT molecular complexity index is 934. The van der Waals surface area contributed by atoms with E-state index in [9.17, 15) is 9.59 Å². The molecule has 1 amide bonds. The van der Waals surface area contributed by atoms with Crippen molar-refractivity contribution in [3.8, 4) is 11.1 Å². The highest BCUT2D eigenvalue weighted by atomic mass is 32.1. The van der Waals surface area contributed by atoms with Crippen LogP contribution >= 0.6 is 11.3 Å². The van der Waals surface area contributed by atoms with Crippen LogP contribution < -0.4 is 11.1 Å². The van der Waals surface area contributed by atoms with E-state index in [0.29, 0.717) is 24.2 Å². The molecule has 4 nitrogen and oxygen atoms in total. The van der Waals surface area contributed by atoms with Crippen molar-refractivity contribution < 1.29 is 9.59 Å². The van der Waals surface area contributed by atoms with Crippen molar-refractivity contribution in [1.29, 1.82) is 0 Å². The molecule has 0 saturated heterocycles. The number of rotatable bonds is 10. The molecule has 3 N–H and O–H groups in total. The first-order valence-corrected chi connectivity index (χ1v) is 10.9. The van der Waals surface area contributed by atoms with Gasteiger partial charge in [0.2, 0.25) is 5.91 Å². The highest BCUT2D eigenvalue weighted by Crippen LogP contribution is 2.23. The number of carbonyl (C=O) groups excluding carboxylic acids is 2. The SMILES string of the molecule is Nc1ccccc1NC(=O)CCCCCCC(=O)c1ccc(-c2ccsc2)cc1. The van der Waals surface area contributed by atoms with Gasteiger partial charge in [-0.2, -0.15) is 11.3 Å². The van der Waals surface area contributed by atoms with Crippen molar-refractivity contribution in [3.63, 3.8) is 0 Å². The Labute approximate surface area is 175 Å². The van der Waals surface area contributed by atoms with Crippen LogP contribution in [0.3, 0.4) is 0 Å². The van der Waals surface area contributed by atoms with Crippen molar-refractivity contribution in [2.24, 2.45) is 0 Å². The molecule has 29 heavy (non-hydrogen) atoms. The molecule has 0 aliphatic rings. The summed E-state index contributed by atoms with van der Waals surface area (Å²) in [6.45, 7) is 0. The lowest BCUT2D eigenvalue weighted by Gasteiger charge is -2.07. The summed E-state index contributed by atoms with van der Waals surface area (Å²) in [6.07, 6.45) is 4.54. The Balaban J connectivity index is 1.31. The minimum Gasteiger partial charge on any atom is -0.397 e. The topological polar surface area (TPSA) is 72.2 Å². The van der Waals surface area contributed by atoms with Gasteiger partial charge < -0.3 is 11.1 Å². The molecule has 1 heterocycles. The van der Waals surface area contributed by atoms with E-state index < -0.39 is 0 Å². The van der Waals surface area contributed by atoms with Gasteiger partial charge in [0.15, 0.2) is 5.78 Å². The number of thiophene rings is 1. The number of Topliss-reactive ketones (excluding diaryl/α,β-unsaturated/α-hetero) is 1. The average molecular weight is 407 g/mol. The van der Waals surface area contributed by atoms with Crippen LogP contribution in [0.5, 0.6) is 0 Å². The Morgan fingerprint density at radius 3 is 2.24 bits per heavy atom. The number of ketones is 1. The second-order valence-electron chi connectivity index (χ2n) is 7.06. The predicted molar refractivity (Wildman–Crippen MR) is 121 cm³/mol. The molecular weight excluding hydrogens is 380 g/mol. The van der Waals surface area contributed by atoms with E-state index in [1.54, 1.807) is 23.5 Å². The molecule has 1 aromatic heterocycles. The van der Waals surface area contributed by atoms with Gasteiger partial charge in [-0.15, -0.1) is 0 Å². The molecule has 0 aliphatic heterocycles. The number of para-hydroxylation sites is 2. The van der Waals surface area contributed by atoms with Gasteiger partial charge >= 0.3 is 0 Å². The summed E-state index contributed by atoms with van der Waals surface area (Å²) in [5.41, 5.74) is 10.2. The maximum absolute atomic E-state index is 12.3. The maximum Gasteiger partial charge on any atom is 0.224 e. The van der Waals surface area contributed by atoms with Gasteiger partial charge in [-0.1, -0.05) is 49.2 Å². The van der Waals surface area contributed by atoms with Crippen molar-refractivity contribution in [1.82, 2.24) is 0 Å². The summed E-state index contributed by atoms with van der Waals surface area (Å²) in [5.74, 6) is 0.156. The molecule has 3 aromatic rings. The summed E-state index contributed by atoms with van der Waals surface area (Å²) in [5, 5.41) is 6.99. The molecule has 3 rings (SSSR count). The normalized spacial score (nSPS) is 10.6. The molecule has 5 heteroatoms. The first-order chi connectivity index (χ1) is 14.1. The van der Waals surface area contributed by atoms with Crippen molar-refractivity contribution >= 4 is 34.4 Å². The summed E-state index contributed by atoms with van der Waals surface area (Å²) in [6, 6.07) is 17.2. The van der Waals surface area contributed by atoms with E-state index in [1.165, 1.54) is 5.56 Å². The molecule has 0 unspecified atom stereocenters. The molecule has 0 aliphatic carbocycles. The van der Waals surface area contributed by atoms with Crippen LogP contribution in [-0.2, 0) is 4.79 Å². The summed E-state index contributed by atoms with van der Waals surface area (Å²) in [7, 11) is 0. The van der Waals surface area contributed by atoms with Crippen LogP contribution in [0.4, 0.5) is 11.4 Å². The lowest BCUT2D eigenvalue weighted by Crippen LogP contribution is -2.12. The fourth-order valence-electron chi connectivity index (χ4n) is 3.17. The second-order valence-corrected chi connectivity index (χ2v) is 7.84. The number of hydrogen-bond acceptors (Lipinski definition) is 4. The van der Waals surface area contributed by atoms with Gasteiger partial charge in [-0.05, 0) is 52.9 Å². The first-order valence-electron chi connectivity index (χ1n) is 9.93. The van der Waals surface area contributed by atoms with Gasteiger partial charge in [-0.25, -0.2) is 0 Å².